The van der Waals surface area contributed by atoms with Crippen LogP contribution in [0.2, 0.25) is 0 Å². The van der Waals surface area contributed by atoms with Crippen molar-refractivity contribution in [1.82, 2.24) is 0 Å². The minimum absolute atomic E-state index is 0.515. The van der Waals surface area contributed by atoms with Gasteiger partial charge in [0.05, 0.1) is 12.4 Å². The fourth-order valence-electron chi connectivity index (χ4n) is 1.59. The molecule has 1 aromatic rings. The van der Waals surface area contributed by atoms with Gasteiger partial charge in [0, 0.05) is 23.1 Å². The zero-order valence-electron chi connectivity index (χ0n) is 11.1. The van der Waals surface area contributed by atoms with E-state index in [1.54, 1.807) is 0 Å². The molecule has 0 aliphatic rings. The van der Waals surface area contributed by atoms with E-state index in [-0.39, 0.29) is 0 Å². The predicted molar refractivity (Wildman–Crippen MR) is 77.2 cm³/mol. The molecule has 0 saturated carbocycles. The van der Waals surface area contributed by atoms with Crippen molar-refractivity contribution in [3.8, 4) is 5.75 Å². The summed E-state index contributed by atoms with van der Waals surface area (Å²) < 4.78 is 17.2. The van der Waals surface area contributed by atoms with Crippen LogP contribution in [0.5, 0.6) is 5.75 Å². The molecule has 0 aliphatic heterocycles. The van der Waals surface area contributed by atoms with Gasteiger partial charge in [-0.05, 0) is 24.1 Å². The normalized spacial score (nSPS) is 12.3. The largest absolute Gasteiger partial charge is 0.493 e. The Hall–Kier alpha value is -0.870. The van der Waals surface area contributed by atoms with Gasteiger partial charge in [-0.15, -0.1) is 0 Å². The Bertz CT molecular complexity index is 351. The monoisotopic (exact) mass is 269 g/mol. The van der Waals surface area contributed by atoms with Gasteiger partial charge in [-0.1, -0.05) is 31.9 Å². The zero-order chi connectivity index (χ0) is 13.2. The van der Waals surface area contributed by atoms with Crippen molar-refractivity contribution >= 4 is 10.8 Å². The second-order valence-corrected chi connectivity index (χ2v) is 5.95. The summed E-state index contributed by atoms with van der Waals surface area (Å²) in [6, 6.07) is 7.71. The number of hydrogen-bond donors (Lipinski definition) is 1. The van der Waals surface area contributed by atoms with E-state index in [1.807, 2.05) is 24.3 Å². The van der Waals surface area contributed by atoms with Gasteiger partial charge in [0.2, 0.25) is 0 Å². The van der Waals surface area contributed by atoms with Gasteiger partial charge in [-0.2, -0.15) is 0 Å². The lowest BCUT2D eigenvalue weighted by Crippen LogP contribution is -2.11. The molecule has 3 nitrogen and oxygen atoms in total. The SMILES string of the molecule is CCCCCS(=O)CCOc1ccc(CN)cc1. The molecule has 1 unspecified atom stereocenters. The lowest BCUT2D eigenvalue weighted by molar-refractivity contribution is 0.342. The van der Waals surface area contributed by atoms with Gasteiger partial charge in [-0.3, -0.25) is 4.21 Å². The van der Waals surface area contributed by atoms with E-state index >= 15 is 0 Å². The standard InChI is InChI=1S/C14H23NO2S/c1-2-3-4-10-18(16)11-9-17-14-7-5-13(12-15)6-8-14/h5-8H,2-4,9-12,15H2,1H3. The van der Waals surface area contributed by atoms with Crippen LogP contribution in [0, 0.1) is 0 Å². The van der Waals surface area contributed by atoms with Crippen molar-refractivity contribution in [2.45, 2.75) is 32.7 Å². The summed E-state index contributed by atoms with van der Waals surface area (Å²) in [6.45, 7) is 3.21. The average Bonchev–Trinajstić information content (AvgIpc) is 2.40. The maximum Gasteiger partial charge on any atom is 0.119 e. The van der Waals surface area contributed by atoms with Gasteiger partial charge in [0.15, 0.2) is 0 Å². The Morgan fingerprint density at radius 2 is 1.89 bits per heavy atom. The summed E-state index contributed by atoms with van der Waals surface area (Å²) in [5.74, 6) is 2.23. The highest BCUT2D eigenvalue weighted by Gasteiger charge is 2.00. The van der Waals surface area contributed by atoms with Crippen LogP contribution in [-0.4, -0.2) is 22.3 Å². The predicted octanol–water partition coefficient (Wildman–Crippen LogP) is 2.46. The third-order valence-electron chi connectivity index (χ3n) is 2.71. The van der Waals surface area contributed by atoms with E-state index in [0.717, 1.165) is 29.9 Å². The van der Waals surface area contributed by atoms with Crippen LogP contribution in [0.25, 0.3) is 0 Å². The summed E-state index contributed by atoms with van der Waals surface area (Å²) >= 11 is 0. The molecule has 4 heteroatoms. The first-order valence-corrected chi connectivity index (χ1v) is 8.02. The second kappa shape index (κ2) is 9.11. The molecule has 0 saturated heterocycles. The summed E-state index contributed by atoms with van der Waals surface area (Å²) in [5, 5.41) is 0. The Morgan fingerprint density at radius 3 is 2.50 bits per heavy atom. The maximum atomic E-state index is 11.6. The van der Waals surface area contributed by atoms with Crippen LogP contribution >= 0.6 is 0 Å². The van der Waals surface area contributed by atoms with Crippen molar-refractivity contribution in [3.05, 3.63) is 29.8 Å². The molecule has 0 amide bonds. The third kappa shape index (κ3) is 6.17. The zero-order valence-corrected chi connectivity index (χ0v) is 11.9. The van der Waals surface area contributed by atoms with Crippen molar-refractivity contribution in [1.29, 1.82) is 0 Å². The summed E-state index contributed by atoms with van der Waals surface area (Å²) in [6.07, 6.45) is 3.38. The lowest BCUT2D eigenvalue weighted by atomic mass is 10.2. The highest BCUT2D eigenvalue weighted by atomic mass is 32.2. The topological polar surface area (TPSA) is 52.3 Å². The minimum Gasteiger partial charge on any atom is -0.493 e. The smallest absolute Gasteiger partial charge is 0.119 e. The first-order chi connectivity index (χ1) is 8.76. The van der Waals surface area contributed by atoms with Crippen LogP contribution < -0.4 is 10.5 Å². The van der Waals surface area contributed by atoms with Gasteiger partial charge < -0.3 is 10.5 Å². The number of rotatable bonds is 9. The molecule has 102 valence electrons. The van der Waals surface area contributed by atoms with Gasteiger partial charge in [-0.25, -0.2) is 0 Å². The van der Waals surface area contributed by atoms with Crippen molar-refractivity contribution in [2.24, 2.45) is 5.73 Å². The quantitative estimate of drug-likeness (QED) is 0.701. The second-order valence-electron chi connectivity index (χ2n) is 4.25. The number of unbranched alkanes of at least 4 members (excludes halogenated alkanes) is 2. The molecule has 0 bridgehead atoms. The van der Waals surface area contributed by atoms with Crippen LogP contribution in [0.1, 0.15) is 31.7 Å². The van der Waals surface area contributed by atoms with Gasteiger partial charge in [0.25, 0.3) is 0 Å². The Kier molecular flexibility index (Phi) is 7.69. The molecule has 0 fully saturated rings. The van der Waals surface area contributed by atoms with Crippen LogP contribution in [0.3, 0.4) is 0 Å². The van der Waals surface area contributed by atoms with Gasteiger partial charge in [0.1, 0.15) is 5.75 Å². The first kappa shape index (κ1) is 15.2. The number of hydrogen-bond acceptors (Lipinski definition) is 3. The average molecular weight is 269 g/mol. The maximum absolute atomic E-state index is 11.6. The molecule has 1 rings (SSSR count). The van der Waals surface area contributed by atoms with Crippen LogP contribution in [0.4, 0.5) is 0 Å². The highest BCUT2D eigenvalue weighted by molar-refractivity contribution is 7.84. The minimum atomic E-state index is -0.746. The van der Waals surface area contributed by atoms with Crippen LogP contribution in [-0.2, 0) is 17.3 Å². The molecule has 0 radical (unpaired) electrons. The van der Waals surface area contributed by atoms with E-state index in [1.165, 1.54) is 6.42 Å². The molecule has 0 spiro atoms. The third-order valence-corrected chi connectivity index (χ3v) is 4.08. The Balaban J connectivity index is 2.18. The van der Waals surface area contributed by atoms with Crippen molar-refractivity contribution in [2.75, 3.05) is 18.1 Å². The van der Waals surface area contributed by atoms with Gasteiger partial charge >= 0.3 is 0 Å². The number of ether oxygens (including phenoxy) is 1. The van der Waals surface area contributed by atoms with Crippen molar-refractivity contribution in [3.63, 3.8) is 0 Å². The molecular formula is C14H23NO2S. The van der Waals surface area contributed by atoms with E-state index in [0.29, 0.717) is 18.9 Å². The van der Waals surface area contributed by atoms with Crippen molar-refractivity contribution < 1.29 is 8.95 Å². The van der Waals surface area contributed by atoms with Crippen LogP contribution in [0.15, 0.2) is 24.3 Å². The molecule has 1 aromatic carbocycles. The summed E-state index contributed by atoms with van der Waals surface area (Å²) in [7, 11) is -0.746. The molecule has 0 aromatic heterocycles. The fourth-order valence-corrected chi connectivity index (χ4v) is 2.59. The van der Waals surface area contributed by atoms with E-state index < -0.39 is 10.8 Å². The Labute approximate surface area is 112 Å². The summed E-state index contributed by atoms with van der Waals surface area (Å²) in [4.78, 5) is 0. The first-order valence-electron chi connectivity index (χ1n) is 6.53. The molecular weight excluding hydrogens is 246 g/mol. The number of benzene rings is 1. The number of nitrogens with two attached hydrogens (primary N) is 1. The highest BCUT2D eigenvalue weighted by Crippen LogP contribution is 2.11. The summed E-state index contributed by atoms with van der Waals surface area (Å²) in [5.41, 5.74) is 6.61. The van der Waals surface area contributed by atoms with E-state index in [9.17, 15) is 4.21 Å². The Morgan fingerprint density at radius 1 is 1.17 bits per heavy atom. The lowest BCUT2D eigenvalue weighted by Gasteiger charge is -2.06. The van der Waals surface area contributed by atoms with E-state index in [2.05, 4.69) is 6.92 Å². The molecule has 1 atom stereocenters. The fraction of sp³-hybridized carbons (Fsp3) is 0.571. The molecule has 0 aliphatic carbocycles. The molecule has 2 N–H and O–H groups in total. The molecule has 18 heavy (non-hydrogen) atoms. The molecule has 0 heterocycles. The van der Waals surface area contributed by atoms with E-state index in [4.69, 9.17) is 10.5 Å².